The van der Waals surface area contributed by atoms with E-state index in [0.717, 1.165) is 11.7 Å². The number of nitrogens with zero attached hydrogens (tertiary/aromatic N) is 3. The van der Waals surface area contributed by atoms with Crippen molar-refractivity contribution < 1.29 is 9.21 Å². The topological polar surface area (TPSA) is 73.0 Å². The average molecular weight is 294 g/mol. The number of aromatic nitrogens is 3. The van der Waals surface area contributed by atoms with Crippen LogP contribution in [-0.2, 0) is 11.3 Å². The summed E-state index contributed by atoms with van der Waals surface area (Å²) in [7, 11) is 1.62. The Morgan fingerprint density at radius 3 is 2.90 bits per heavy atom. The largest absolute Gasteiger partial charge is 0.461 e. The summed E-state index contributed by atoms with van der Waals surface area (Å²) in [5.74, 6) is 2.12. The van der Waals surface area contributed by atoms with E-state index in [1.165, 1.54) is 11.8 Å². The van der Waals surface area contributed by atoms with Crippen LogP contribution < -0.4 is 5.32 Å². The van der Waals surface area contributed by atoms with E-state index >= 15 is 0 Å². The fraction of sp³-hybridized carbons (Fsp3) is 0.462. The van der Waals surface area contributed by atoms with Crippen molar-refractivity contribution in [2.24, 2.45) is 5.92 Å². The van der Waals surface area contributed by atoms with E-state index in [1.807, 2.05) is 16.7 Å². The molecule has 0 saturated heterocycles. The molecule has 0 aromatic carbocycles. The molecule has 2 aromatic heterocycles. The monoisotopic (exact) mass is 294 g/mol. The van der Waals surface area contributed by atoms with Gasteiger partial charge in [0.25, 0.3) is 0 Å². The number of nitrogens with one attached hydrogen (secondary N) is 1. The van der Waals surface area contributed by atoms with Crippen molar-refractivity contribution in [3.05, 3.63) is 18.4 Å². The second kappa shape index (κ2) is 6.60. The Morgan fingerprint density at radius 1 is 1.50 bits per heavy atom. The molecule has 2 rings (SSSR count). The summed E-state index contributed by atoms with van der Waals surface area (Å²) in [6.07, 6.45) is 1.61. The standard InChI is InChI=1S/C13H18N4O2S/c1-9(2)7-17-12(10-5-4-6-19-10)15-16-13(17)20-8-11(18)14-3/h4-6,9H,7-8H2,1-3H3,(H,14,18). The molecule has 1 N–H and O–H groups in total. The predicted molar refractivity (Wildman–Crippen MR) is 77.4 cm³/mol. The number of hydrogen-bond donors (Lipinski definition) is 1. The summed E-state index contributed by atoms with van der Waals surface area (Å²) in [5, 5.41) is 11.7. The van der Waals surface area contributed by atoms with Crippen molar-refractivity contribution in [3.63, 3.8) is 0 Å². The smallest absolute Gasteiger partial charge is 0.230 e. The lowest BCUT2D eigenvalue weighted by Crippen LogP contribution is -2.20. The summed E-state index contributed by atoms with van der Waals surface area (Å²) in [6.45, 7) is 5.03. The number of thioether (sulfide) groups is 1. The van der Waals surface area contributed by atoms with Crippen LogP contribution in [0.3, 0.4) is 0 Å². The first-order valence-corrected chi connectivity index (χ1v) is 7.40. The van der Waals surface area contributed by atoms with E-state index in [1.54, 1.807) is 13.3 Å². The van der Waals surface area contributed by atoms with Gasteiger partial charge in [0.15, 0.2) is 16.7 Å². The molecule has 108 valence electrons. The van der Waals surface area contributed by atoms with Gasteiger partial charge in [-0.05, 0) is 18.1 Å². The molecule has 1 amide bonds. The fourth-order valence-corrected chi connectivity index (χ4v) is 2.54. The van der Waals surface area contributed by atoms with Crippen LogP contribution in [0, 0.1) is 5.92 Å². The van der Waals surface area contributed by atoms with Crippen molar-refractivity contribution in [1.82, 2.24) is 20.1 Å². The molecule has 2 heterocycles. The Morgan fingerprint density at radius 2 is 2.30 bits per heavy atom. The van der Waals surface area contributed by atoms with E-state index in [0.29, 0.717) is 23.3 Å². The van der Waals surface area contributed by atoms with Crippen molar-refractivity contribution in [1.29, 1.82) is 0 Å². The highest BCUT2D eigenvalue weighted by atomic mass is 32.2. The van der Waals surface area contributed by atoms with Gasteiger partial charge in [0.2, 0.25) is 5.91 Å². The Bertz CT molecular complexity index is 563. The van der Waals surface area contributed by atoms with Gasteiger partial charge in [0.05, 0.1) is 12.0 Å². The van der Waals surface area contributed by atoms with Crippen LogP contribution in [0.15, 0.2) is 28.0 Å². The zero-order valence-electron chi connectivity index (χ0n) is 11.8. The lowest BCUT2D eigenvalue weighted by molar-refractivity contribution is -0.118. The molecule has 0 unspecified atom stereocenters. The average Bonchev–Trinajstić information content (AvgIpc) is 3.04. The first-order valence-electron chi connectivity index (χ1n) is 6.42. The molecule has 0 aliphatic carbocycles. The van der Waals surface area contributed by atoms with Crippen molar-refractivity contribution >= 4 is 17.7 Å². The maximum Gasteiger partial charge on any atom is 0.230 e. The molecular formula is C13H18N4O2S. The maximum atomic E-state index is 11.3. The summed E-state index contributed by atoms with van der Waals surface area (Å²) in [5.41, 5.74) is 0. The van der Waals surface area contributed by atoms with Crippen LogP contribution >= 0.6 is 11.8 Å². The Hall–Kier alpha value is -1.76. The van der Waals surface area contributed by atoms with Crippen LogP contribution in [0.25, 0.3) is 11.6 Å². The summed E-state index contributed by atoms with van der Waals surface area (Å²) in [4.78, 5) is 11.3. The third-order valence-corrected chi connectivity index (χ3v) is 3.58. The lowest BCUT2D eigenvalue weighted by atomic mass is 10.2. The van der Waals surface area contributed by atoms with Gasteiger partial charge in [0.1, 0.15) is 0 Å². The van der Waals surface area contributed by atoms with Gasteiger partial charge in [-0.25, -0.2) is 0 Å². The van der Waals surface area contributed by atoms with Crippen molar-refractivity contribution in [3.8, 4) is 11.6 Å². The number of hydrogen-bond acceptors (Lipinski definition) is 5. The Kier molecular flexibility index (Phi) is 4.84. The maximum absolute atomic E-state index is 11.3. The zero-order chi connectivity index (χ0) is 14.5. The van der Waals surface area contributed by atoms with E-state index in [2.05, 4.69) is 29.4 Å². The minimum Gasteiger partial charge on any atom is -0.461 e. The zero-order valence-corrected chi connectivity index (χ0v) is 12.6. The third-order valence-electron chi connectivity index (χ3n) is 2.62. The van der Waals surface area contributed by atoms with Gasteiger partial charge >= 0.3 is 0 Å². The number of amides is 1. The first-order chi connectivity index (χ1) is 9.61. The number of rotatable bonds is 6. The molecule has 0 radical (unpaired) electrons. The van der Waals surface area contributed by atoms with Gasteiger partial charge in [-0.2, -0.15) is 0 Å². The molecule has 0 atom stereocenters. The van der Waals surface area contributed by atoms with Crippen molar-refractivity contribution in [2.45, 2.75) is 25.5 Å². The SMILES string of the molecule is CNC(=O)CSc1nnc(-c2ccco2)n1CC(C)C. The predicted octanol–water partition coefficient (Wildman–Crippen LogP) is 2.03. The highest BCUT2D eigenvalue weighted by molar-refractivity contribution is 7.99. The first kappa shape index (κ1) is 14.6. The van der Waals surface area contributed by atoms with Gasteiger partial charge in [-0.3, -0.25) is 9.36 Å². The lowest BCUT2D eigenvalue weighted by Gasteiger charge is -2.11. The summed E-state index contributed by atoms with van der Waals surface area (Å²) in [6, 6.07) is 3.68. The summed E-state index contributed by atoms with van der Waals surface area (Å²) >= 11 is 1.38. The Labute approximate surface area is 121 Å². The van der Waals surface area contributed by atoms with Crippen LogP contribution in [0.2, 0.25) is 0 Å². The van der Waals surface area contributed by atoms with Crippen LogP contribution in [0.1, 0.15) is 13.8 Å². The second-order valence-corrected chi connectivity index (χ2v) is 5.69. The highest BCUT2D eigenvalue weighted by Gasteiger charge is 2.17. The molecule has 2 aromatic rings. The highest BCUT2D eigenvalue weighted by Crippen LogP contribution is 2.25. The van der Waals surface area contributed by atoms with Gasteiger partial charge in [-0.15, -0.1) is 10.2 Å². The molecule has 0 spiro atoms. The fourth-order valence-electron chi connectivity index (χ4n) is 1.72. The third kappa shape index (κ3) is 3.41. The second-order valence-electron chi connectivity index (χ2n) is 4.75. The molecule has 0 aliphatic rings. The van der Waals surface area contributed by atoms with E-state index < -0.39 is 0 Å². The van der Waals surface area contributed by atoms with Crippen LogP contribution in [-0.4, -0.2) is 33.5 Å². The van der Waals surface area contributed by atoms with Crippen molar-refractivity contribution in [2.75, 3.05) is 12.8 Å². The summed E-state index contributed by atoms with van der Waals surface area (Å²) < 4.78 is 7.39. The molecule has 7 heteroatoms. The van der Waals surface area contributed by atoms with Gasteiger partial charge < -0.3 is 9.73 Å². The van der Waals surface area contributed by atoms with Crippen LogP contribution in [0.4, 0.5) is 0 Å². The molecule has 0 bridgehead atoms. The molecule has 6 nitrogen and oxygen atoms in total. The van der Waals surface area contributed by atoms with E-state index in [9.17, 15) is 4.79 Å². The van der Waals surface area contributed by atoms with E-state index in [4.69, 9.17) is 4.42 Å². The number of carbonyl (C=O) groups excluding carboxylic acids is 1. The molecule has 0 saturated carbocycles. The van der Waals surface area contributed by atoms with E-state index in [-0.39, 0.29) is 5.91 Å². The molecular weight excluding hydrogens is 276 g/mol. The van der Waals surface area contributed by atoms with Gasteiger partial charge in [-0.1, -0.05) is 25.6 Å². The molecule has 0 fully saturated rings. The Balaban J connectivity index is 2.25. The molecule has 20 heavy (non-hydrogen) atoms. The van der Waals surface area contributed by atoms with Gasteiger partial charge in [0, 0.05) is 13.6 Å². The number of furan rings is 1. The van der Waals surface area contributed by atoms with Crippen LogP contribution in [0.5, 0.6) is 0 Å². The quantitative estimate of drug-likeness (QED) is 0.825. The molecule has 0 aliphatic heterocycles. The normalized spacial score (nSPS) is 11.0. The minimum atomic E-state index is -0.0337. The number of carbonyl (C=O) groups is 1. The minimum absolute atomic E-state index is 0.0337.